The summed E-state index contributed by atoms with van der Waals surface area (Å²) in [6, 6.07) is 13.6. The molecule has 0 spiro atoms. The molecule has 0 unspecified atom stereocenters. The number of quaternary nitrogens is 1. The first-order valence-electron chi connectivity index (χ1n) is 10.2. The number of nitrogens with one attached hydrogen (secondary N) is 2. The van der Waals surface area contributed by atoms with Crippen LogP contribution >= 0.6 is 0 Å². The van der Waals surface area contributed by atoms with Gasteiger partial charge in [-0.3, -0.25) is 4.79 Å². The number of ether oxygens (including phenoxy) is 3. The molecule has 2 N–H and O–H groups in total. The zero-order valence-electron chi connectivity index (χ0n) is 17.9. The molecule has 1 saturated heterocycles. The molecule has 0 bridgehead atoms. The standard InChI is InChI=1S/C23H29N3O4/c1-17-5-4-6-21(13-17)30-16-23(27)25-24-18(2)19-7-8-22(28-3)20(14-19)15-26-9-11-29-12-10-26/h4-8,13-14H,9-12,15-16H2,1-3H3,(H,25,27)/p+1/b24-18-. The van der Waals surface area contributed by atoms with E-state index in [1.165, 1.54) is 4.90 Å². The summed E-state index contributed by atoms with van der Waals surface area (Å²) in [4.78, 5) is 13.6. The van der Waals surface area contributed by atoms with Crippen molar-refractivity contribution in [2.24, 2.45) is 5.10 Å². The summed E-state index contributed by atoms with van der Waals surface area (Å²) >= 11 is 0. The van der Waals surface area contributed by atoms with E-state index in [0.717, 1.165) is 61.0 Å². The number of rotatable bonds is 8. The highest BCUT2D eigenvalue weighted by atomic mass is 16.5. The van der Waals surface area contributed by atoms with Crippen LogP contribution in [0.2, 0.25) is 0 Å². The Morgan fingerprint density at radius 2 is 2.00 bits per heavy atom. The number of hydrogen-bond donors (Lipinski definition) is 2. The lowest BCUT2D eigenvalue weighted by molar-refractivity contribution is -0.921. The zero-order chi connectivity index (χ0) is 21.3. The summed E-state index contributed by atoms with van der Waals surface area (Å²) in [5.74, 6) is 1.22. The van der Waals surface area contributed by atoms with Crippen LogP contribution in [0.25, 0.3) is 0 Å². The highest BCUT2D eigenvalue weighted by molar-refractivity contribution is 5.99. The molecule has 7 nitrogen and oxygen atoms in total. The largest absolute Gasteiger partial charge is 0.496 e. The lowest BCUT2D eigenvalue weighted by Crippen LogP contribution is -3.12. The molecule has 0 saturated carbocycles. The van der Waals surface area contributed by atoms with Crippen molar-refractivity contribution in [1.82, 2.24) is 5.43 Å². The molecule has 30 heavy (non-hydrogen) atoms. The number of amides is 1. The van der Waals surface area contributed by atoms with Gasteiger partial charge in [0, 0.05) is 5.56 Å². The second-order valence-electron chi connectivity index (χ2n) is 7.40. The van der Waals surface area contributed by atoms with Gasteiger partial charge < -0.3 is 19.1 Å². The predicted molar refractivity (Wildman–Crippen MR) is 115 cm³/mol. The summed E-state index contributed by atoms with van der Waals surface area (Å²) in [6.45, 7) is 8.16. The number of carbonyl (C=O) groups is 1. The van der Waals surface area contributed by atoms with Crippen molar-refractivity contribution in [3.05, 3.63) is 59.2 Å². The third-order valence-electron chi connectivity index (χ3n) is 5.05. The minimum Gasteiger partial charge on any atom is -0.496 e. The molecule has 0 aliphatic carbocycles. The van der Waals surface area contributed by atoms with Gasteiger partial charge in [0.2, 0.25) is 0 Å². The molecule has 0 radical (unpaired) electrons. The van der Waals surface area contributed by atoms with E-state index >= 15 is 0 Å². The Morgan fingerprint density at radius 3 is 2.73 bits per heavy atom. The van der Waals surface area contributed by atoms with Crippen LogP contribution in [0.3, 0.4) is 0 Å². The van der Waals surface area contributed by atoms with Crippen molar-refractivity contribution in [1.29, 1.82) is 0 Å². The monoisotopic (exact) mass is 412 g/mol. The summed E-state index contributed by atoms with van der Waals surface area (Å²) < 4.78 is 16.5. The fourth-order valence-electron chi connectivity index (χ4n) is 3.35. The van der Waals surface area contributed by atoms with Crippen molar-refractivity contribution >= 4 is 11.6 Å². The lowest BCUT2D eigenvalue weighted by Gasteiger charge is -2.24. The second kappa shape index (κ2) is 10.8. The number of hydrazone groups is 1. The number of aryl methyl sites for hydroxylation is 1. The highest BCUT2D eigenvalue weighted by Gasteiger charge is 2.17. The Bertz CT molecular complexity index is 892. The van der Waals surface area contributed by atoms with Crippen molar-refractivity contribution in [3.63, 3.8) is 0 Å². The summed E-state index contributed by atoms with van der Waals surface area (Å²) in [7, 11) is 1.68. The Labute approximate surface area is 177 Å². The van der Waals surface area contributed by atoms with Gasteiger partial charge in [-0.2, -0.15) is 5.10 Å². The normalized spacial score (nSPS) is 15.0. The maximum Gasteiger partial charge on any atom is 0.277 e. The highest BCUT2D eigenvalue weighted by Crippen LogP contribution is 2.20. The van der Waals surface area contributed by atoms with Crippen LogP contribution < -0.4 is 19.8 Å². The fourth-order valence-corrected chi connectivity index (χ4v) is 3.35. The molecule has 2 aromatic carbocycles. The van der Waals surface area contributed by atoms with E-state index in [0.29, 0.717) is 5.75 Å². The predicted octanol–water partition coefficient (Wildman–Crippen LogP) is 1.34. The molecule has 1 heterocycles. The molecule has 1 amide bonds. The molecule has 0 atom stereocenters. The van der Waals surface area contributed by atoms with Crippen molar-refractivity contribution < 1.29 is 23.9 Å². The van der Waals surface area contributed by atoms with Gasteiger partial charge in [0.05, 0.1) is 26.0 Å². The molecule has 1 aliphatic heterocycles. The van der Waals surface area contributed by atoms with Gasteiger partial charge in [-0.05, 0) is 55.3 Å². The van der Waals surface area contributed by atoms with Crippen molar-refractivity contribution in [2.75, 3.05) is 40.0 Å². The van der Waals surface area contributed by atoms with Crippen molar-refractivity contribution in [2.45, 2.75) is 20.4 Å². The zero-order valence-corrected chi connectivity index (χ0v) is 17.9. The van der Waals surface area contributed by atoms with Gasteiger partial charge in [0.25, 0.3) is 5.91 Å². The average Bonchev–Trinajstić information content (AvgIpc) is 2.76. The fraction of sp³-hybridized carbons (Fsp3) is 0.391. The van der Waals surface area contributed by atoms with Crippen LogP contribution in [0.5, 0.6) is 11.5 Å². The first-order valence-corrected chi connectivity index (χ1v) is 10.2. The van der Waals surface area contributed by atoms with Crippen molar-refractivity contribution in [3.8, 4) is 11.5 Å². The molecular formula is C23H30N3O4+. The average molecular weight is 413 g/mol. The van der Waals surface area contributed by atoms with Gasteiger partial charge in [0.1, 0.15) is 31.1 Å². The van der Waals surface area contributed by atoms with Gasteiger partial charge in [0.15, 0.2) is 6.61 Å². The van der Waals surface area contributed by atoms with Crippen LogP contribution in [0.15, 0.2) is 47.6 Å². The minimum atomic E-state index is -0.303. The van der Waals surface area contributed by atoms with Crippen LogP contribution in [-0.4, -0.2) is 51.6 Å². The molecule has 2 aromatic rings. The Morgan fingerprint density at radius 1 is 1.20 bits per heavy atom. The van der Waals surface area contributed by atoms with E-state index in [1.54, 1.807) is 7.11 Å². The second-order valence-corrected chi connectivity index (χ2v) is 7.40. The lowest BCUT2D eigenvalue weighted by atomic mass is 10.1. The van der Waals surface area contributed by atoms with E-state index in [4.69, 9.17) is 14.2 Å². The number of morpholine rings is 1. The smallest absolute Gasteiger partial charge is 0.277 e. The van der Waals surface area contributed by atoms with Gasteiger partial charge in [-0.1, -0.05) is 12.1 Å². The molecule has 1 fully saturated rings. The third kappa shape index (κ3) is 6.30. The Hall–Kier alpha value is -2.90. The molecule has 0 aromatic heterocycles. The van der Waals surface area contributed by atoms with Gasteiger partial charge >= 0.3 is 0 Å². The number of benzene rings is 2. The molecule has 7 heteroatoms. The SMILES string of the molecule is COc1ccc(/C(C)=N\NC(=O)COc2cccc(C)c2)cc1C[NH+]1CCOCC1. The van der Waals surface area contributed by atoms with E-state index in [1.807, 2.05) is 50.2 Å². The Kier molecular flexibility index (Phi) is 7.82. The quantitative estimate of drug-likeness (QED) is 0.507. The first kappa shape index (κ1) is 21.8. The maximum atomic E-state index is 12.1. The molecule has 160 valence electrons. The molecule has 1 aliphatic rings. The third-order valence-corrected chi connectivity index (χ3v) is 5.05. The van der Waals surface area contributed by atoms with Crippen LogP contribution in [0.1, 0.15) is 23.6 Å². The summed E-state index contributed by atoms with van der Waals surface area (Å²) in [5.41, 5.74) is 6.43. The van der Waals surface area contributed by atoms with E-state index in [9.17, 15) is 4.79 Å². The topological polar surface area (TPSA) is 73.6 Å². The van der Waals surface area contributed by atoms with Gasteiger partial charge in [-0.25, -0.2) is 5.43 Å². The number of nitrogens with zero attached hydrogens (tertiary/aromatic N) is 1. The number of hydrogen-bond acceptors (Lipinski definition) is 5. The summed E-state index contributed by atoms with van der Waals surface area (Å²) in [5, 5.41) is 4.24. The van der Waals surface area contributed by atoms with Crippen LogP contribution in [0, 0.1) is 6.92 Å². The van der Waals surface area contributed by atoms with E-state index in [-0.39, 0.29) is 12.5 Å². The first-order chi connectivity index (χ1) is 14.5. The molecule has 3 rings (SSSR count). The number of carbonyl (C=O) groups excluding carboxylic acids is 1. The maximum absolute atomic E-state index is 12.1. The minimum absolute atomic E-state index is 0.0888. The summed E-state index contributed by atoms with van der Waals surface area (Å²) in [6.07, 6.45) is 0. The van der Waals surface area contributed by atoms with Gasteiger partial charge in [-0.15, -0.1) is 0 Å². The van der Waals surface area contributed by atoms with E-state index < -0.39 is 0 Å². The Balaban J connectivity index is 1.60. The molecular weight excluding hydrogens is 382 g/mol. The van der Waals surface area contributed by atoms with Crippen LogP contribution in [-0.2, 0) is 16.1 Å². The van der Waals surface area contributed by atoms with Crippen LogP contribution in [0.4, 0.5) is 0 Å². The van der Waals surface area contributed by atoms with E-state index in [2.05, 4.69) is 16.6 Å². The number of methoxy groups -OCH3 is 1.